The minimum absolute atomic E-state index is 0.178. The van der Waals surface area contributed by atoms with Crippen molar-refractivity contribution in [3.8, 4) is 0 Å². The molecule has 104 valence electrons. The van der Waals surface area contributed by atoms with Gasteiger partial charge in [-0.05, 0) is 39.0 Å². The summed E-state index contributed by atoms with van der Waals surface area (Å²) < 4.78 is 11.2. The van der Waals surface area contributed by atoms with Gasteiger partial charge in [-0.25, -0.2) is 0 Å². The zero-order chi connectivity index (χ0) is 13.0. The highest BCUT2D eigenvalue weighted by atomic mass is 16.5. The first-order valence-corrected chi connectivity index (χ1v) is 6.87. The van der Waals surface area contributed by atoms with Crippen molar-refractivity contribution in [1.82, 2.24) is 5.32 Å². The van der Waals surface area contributed by atoms with Gasteiger partial charge in [0.25, 0.3) is 0 Å². The Balaban J connectivity index is 1.72. The van der Waals surface area contributed by atoms with Gasteiger partial charge < -0.3 is 15.2 Å². The van der Waals surface area contributed by atoms with Crippen LogP contribution in [0.1, 0.15) is 39.0 Å². The van der Waals surface area contributed by atoms with Crippen molar-refractivity contribution in [2.24, 2.45) is 5.73 Å². The Morgan fingerprint density at radius 1 is 1.44 bits per heavy atom. The number of hydrogen-bond donors (Lipinski definition) is 2. The lowest BCUT2D eigenvalue weighted by Gasteiger charge is -2.29. The van der Waals surface area contributed by atoms with Crippen LogP contribution in [0.2, 0.25) is 0 Å². The third-order valence-corrected chi connectivity index (χ3v) is 3.61. The van der Waals surface area contributed by atoms with E-state index in [0.717, 1.165) is 32.3 Å². The van der Waals surface area contributed by atoms with E-state index in [1.165, 1.54) is 6.42 Å². The molecule has 0 spiro atoms. The first-order chi connectivity index (χ1) is 8.60. The van der Waals surface area contributed by atoms with E-state index in [1.807, 2.05) is 6.92 Å². The number of ether oxygens (including phenoxy) is 2. The normalized spacial score (nSPS) is 27.7. The summed E-state index contributed by atoms with van der Waals surface area (Å²) in [5, 5.41) is 3.26. The molecular formula is C13H24N2O3. The highest BCUT2D eigenvalue weighted by molar-refractivity contribution is 5.84. The molecule has 18 heavy (non-hydrogen) atoms. The number of rotatable bonds is 7. The maximum Gasteiger partial charge on any atom is 0.239 e. The molecule has 5 nitrogen and oxygen atoms in total. The number of primary amides is 1. The van der Waals surface area contributed by atoms with Gasteiger partial charge in [-0.1, -0.05) is 0 Å². The SMILES string of the molecule is CC(COCC1CCCCO1)(NC1CC1)C(N)=O. The third-order valence-electron chi connectivity index (χ3n) is 3.61. The largest absolute Gasteiger partial charge is 0.376 e. The number of nitrogens with two attached hydrogens (primary N) is 1. The summed E-state index contributed by atoms with van der Waals surface area (Å²) in [5.41, 5.74) is 4.70. The molecule has 0 bridgehead atoms. The molecule has 2 fully saturated rings. The molecule has 2 aliphatic rings. The fraction of sp³-hybridized carbons (Fsp3) is 0.923. The van der Waals surface area contributed by atoms with Crippen molar-refractivity contribution >= 4 is 5.91 Å². The molecule has 2 unspecified atom stereocenters. The van der Waals surface area contributed by atoms with Crippen LogP contribution in [0.25, 0.3) is 0 Å². The molecule has 2 atom stereocenters. The van der Waals surface area contributed by atoms with E-state index in [-0.39, 0.29) is 12.0 Å². The predicted molar refractivity (Wildman–Crippen MR) is 68.2 cm³/mol. The second-order valence-electron chi connectivity index (χ2n) is 5.62. The number of carbonyl (C=O) groups is 1. The van der Waals surface area contributed by atoms with Gasteiger partial charge in [0.15, 0.2) is 0 Å². The van der Waals surface area contributed by atoms with Crippen LogP contribution in [0.4, 0.5) is 0 Å². The monoisotopic (exact) mass is 256 g/mol. The van der Waals surface area contributed by atoms with Gasteiger partial charge in [0, 0.05) is 12.6 Å². The lowest BCUT2D eigenvalue weighted by atomic mass is 10.0. The molecule has 1 saturated carbocycles. The molecule has 2 rings (SSSR count). The Morgan fingerprint density at radius 3 is 2.78 bits per heavy atom. The Morgan fingerprint density at radius 2 is 2.22 bits per heavy atom. The second kappa shape index (κ2) is 5.99. The first kappa shape index (κ1) is 13.8. The van der Waals surface area contributed by atoms with Gasteiger partial charge in [0.05, 0.1) is 19.3 Å². The standard InChI is InChI=1S/C13H24N2O3/c1-13(12(14)16,15-10-5-6-10)9-17-8-11-4-2-3-7-18-11/h10-11,15H,2-9H2,1H3,(H2,14,16). The average molecular weight is 256 g/mol. The van der Waals surface area contributed by atoms with E-state index in [2.05, 4.69) is 5.32 Å². The van der Waals surface area contributed by atoms with Crippen LogP contribution in [0, 0.1) is 0 Å². The van der Waals surface area contributed by atoms with Gasteiger partial charge in [-0.2, -0.15) is 0 Å². The fourth-order valence-corrected chi connectivity index (χ4v) is 2.20. The zero-order valence-corrected chi connectivity index (χ0v) is 11.1. The molecule has 1 aliphatic heterocycles. The molecule has 0 aromatic heterocycles. The van der Waals surface area contributed by atoms with Crippen molar-refractivity contribution in [2.75, 3.05) is 19.8 Å². The quantitative estimate of drug-likeness (QED) is 0.698. The summed E-state index contributed by atoms with van der Waals surface area (Å²) in [6, 6.07) is 0.428. The van der Waals surface area contributed by atoms with Crippen LogP contribution in [0.5, 0.6) is 0 Å². The highest BCUT2D eigenvalue weighted by Crippen LogP contribution is 2.23. The van der Waals surface area contributed by atoms with Crippen LogP contribution in [0.3, 0.4) is 0 Å². The lowest BCUT2D eigenvalue weighted by molar-refractivity contribution is -0.127. The molecule has 1 aliphatic carbocycles. The van der Waals surface area contributed by atoms with E-state index >= 15 is 0 Å². The molecule has 0 aromatic carbocycles. The van der Waals surface area contributed by atoms with Gasteiger partial charge in [-0.3, -0.25) is 10.1 Å². The number of carbonyl (C=O) groups excluding carboxylic acids is 1. The smallest absolute Gasteiger partial charge is 0.239 e. The number of hydrogen-bond acceptors (Lipinski definition) is 4. The topological polar surface area (TPSA) is 73.6 Å². The zero-order valence-electron chi connectivity index (χ0n) is 11.1. The minimum atomic E-state index is -0.754. The molecular weight excluding hydrogens is 232 g/mol. The van der Waals surface area contributed by atoms with Crippen molar-refractivity contribution in [3.63, 3.8) is 0 Å². The van der Waals surface area contributed by atoms with Crippen molar-refractivity contribution in [1.29, 1.82) is 0 Å². The van der Waals surface area contributed by atoms with Crippen LogP contribution in [-0.4, -0.2) is 43.4 Å². The van der Waals surface area contributed by atoms with Crippen LogP contribution >= 0.6 is 0 Å². The van der Waals surface area contributed by atoms with Crippen molar-refractivity contribution in [2.45, 2.75) is 56.7 Å². The molecule has 0 radical (unpaired) electrons. The maximum atomic E-state index is 11.5. The summed E-state index contributed by atoms with van der Waals surface area (Å²) in [4.78, 5) is 11.5. The van der Waals surface area contributed by atoms with E-state index in [9.17, 15) is 4.79 Å². The fourth-order valence-electron chi connectivity index (χ4n) is 2.20. The Bertz CT molecular complexity index is 288. The maximum absolute atomic E-state index is 11.5. The summed E-state index contributed by atoms with van der Waals surface area (Å²) in [7, 11) is 0. The highest BCUT2D eigenvalue weighted by Gasteiger charge is 2.37. The van der Waals surface area contributed by atoms with Crippen LogP contribution < -0.4 is 11.1 Å². The van der Waals surface area contributed by atoms with E-state index in [0.29, 0.717) is 19.3 Å². The molecule has 0 aromatic rings. The summed E-state index contributed by atoms with van der Waals surface area (Å²) in [5.74, 6) is -0.348. The Hall–Kier alpha value is -0.650. The molecule has 5 heteroatoms. The van der Waals surface area contributed by atoms with Gasteiger partial charge in [-0.15, -0.1) is 0 Å². The van der Waals surface area contributed by atoms with Gasteiger partial charge >= 0.3 is 0 Å². The molecule has 1 amide bonds. The average Bonchev–Trinajstić information content (AvgIpc) is 3.14. The Labute approximate surface area is 108 Å². The minimum Gasteiger partial charge on any atom is -0.376 e. The van der Waals surface area contributed by atoms with E-state index in [1.54, 1.807) is 0 Å². The molecule has 3 N–H and O–H groups in total. The summed E-state index contributed by atoms with van der Waals surface area (Å²) in [6.07, 6.45) is 5.80. The number of nitrogens with one attached hydrogen (secondary N) is 1. The number of amides is 1. The van der Waals surface area contributed by atoms with Crippen molar-refractivity contribution < 1.29 is 14.3 Å². The van der Waals surface area contributed by atoms with Crippen molar-refractivity contribution in [3.05, 3.63) is 0 Å². The van der Waals surface area contributed by atoms with E-state index < -0.39 is 5.54 Å². The van der Waals surface area contributed by atoms with Gasteiger partial charge in [0.1, 0.15) is 5.54 Å². The Kier molecular flexibility index (Phi) is 4.59. The van der Waals surface area contributed by atoms with Crippen LogP contribution in [-0.2, 0) is 14.3 Å². The van der Waals surface area contributed by atoms with Gasteiger partial charge in [0.2, 0.25) is 5.91 Å². The first-order valence-electron chi connectivity index (χ1n) is 6.87. The molecule has 1 heterocycles. The second-order valence-corrected chi connectivity index (χ2v) is 5.62. The van der Waals surface area contributed by atoms with E-state index in [4.69, 9.17) is 15.2 Å². The third kappa shape index (κ3) is 3.93. The summed E-state index contributed by atoms with van der Waals surface area (Å²) in [6.45, 7) is 3.50. The van der Waals surface area contributed by atoms with Crippen LogP contribution in [0.15, 0.2) is 0 Å². The predicted octanol–water partition coefficient (Wildman–Crippen LogP) is 0.568. The lowest BCUT2D eigenvalue weighted by Crippen LogP contribution is -2.57. The molecule has 1 saturated heterocycles. The summed E-state index contributed by atoms with van der Waals surface area (Å²) >= 11 is 0.